The Kier molecular flexibility index (Phi) is 16.0. The number of hydrogen-bond donors (Lipinski definition) is 0. The SMILES string of the molecule is CCCCCCCCCC(C=O)CCCCCCCl. The van der Waals surface area contributed by atoms with E-state index in [-0.39, 0.29) is 0 Å². The van der Waals surface area contributed by atoms with Crippen LogP contribution in [-0.4, -0.2) is 12.2 Å². The number of rotatable bonds is 15. The van der Waals surface area contributed by atoms with Crippen molar-refractivity contribution < 1.29 is 4.79 Å². The highest BCUT2D eigenvalue weighted by Crippen LogP contribution is 2.17. The summed E-state index contributed by atoms with van der Waals surface area (Å²) < 4.78 is 0. The maximum absolute atomic E-state index is 11.0. The standard InChI is InChI=1S/C17H33ClO/c1-2-3-4-5-6-7-10-13-17(16-19)14-11-8-9-12-15-18/h16-17H,2-15H2,1H3. The van der Waals surface area contributed by atoms with E-state index in [9.17, 15) is 4.79 Å². The lowest BCUT2D eigenvalue weighted by molar-refractivity contribution is -0.111. The second-order valence-corrected chi connectivity index (χ2v) is 6.08. The molecule has 0 radical (unpaired) electrons. The molecule has 0 N–H and O–H groups in total. The maximum Gasteiger partial charge on any atom is 0.123 e. The lowest BCUT2D eigenvalue weighted by Crippen LogP contribution is -2.02. The summed E-state index contributed by atoms with van der Waals surface area (Å²) in [6.07, 6.45) is 17.5. The Labute approximate surface area is 125 Å². The van der Waals surface area contributed by atoms with E-state index in [1.54, 1.807) is 0 Å². The van der Waals surface area contributed by atoms with Gasteiger partial charge in [0, 0.05) is 11.8 Å². The summed E-state index contributed by atoms with van der Waals surface area (Å²) in [5.41, 5.74) is 0. The summed E-state index contributed by atoms with van der Waals surface area (Å²) in [7, 11) is 0. The van der Waals surface area contributed by atoms with Crippen molar-refractivity contribution in [2.75, 3.05) is 5.88 Å². The molecule has 2 heteroatoms. The van der Waals surface area contributed by atoms with Gasteiger partial charge < -0.3 is 4.79 Å². The van der Waals surface area contributed by atoms with Crippen LogP contribution in [0.3, 0.4) is 0 Å². The molecule has 0 saturated heterocycles. The molecular weight excluding hydrogens is 256 g/mol. The van der Waals surface area contributed by atoms with Crippen LogP contribution in [0.5, 0.6) is 0 Å². The van der Waals surface area contributed by atoms with Crippen molar-refractivity contribution in [2.24, 2.45) is 5.92 Å². The normalized spacial score (nSPS) is 12.5. The number of carbonyl (C=O) groups excluding carboxylic acids is 1. The van der Waals surface area contributed by atoms with Crippen molar-refractivity contribution in [1.82, 2.24) is 0 Å². The van der Waals surface area contributed by atoms with Crippen molar-refractivity contribution in [2.45, 2.75) is 90.4 Å². The van der Waals surface area contributed by atoms with Gasteiger partial charge in [0.25, 0.3) is 0 Å². The molecule has 0 aliphatic heterocycles. The molecule has 0 aliphatic rings. The highest BCUT2D eigenvalue weighted by Gasteiger charge is 2.06. The molecule has 0 fully saturated rings. The summed E-state index contributed by atoms with van der Waals surface area (Å²) in [6, 6.07) is 0. The quantitative estimate of drug-likeness (QED) is 0.201. The third-order valence-electron chi connectivity index (χ3n) is 3.83. The van der Waals surface area contributed by atoms with E-state index in [1.807, 2.05) is 0 Å². The molecule has 114 valence electrons. The van der Waals surface area contributed by atoms with Crippen LogP contribution in [0, 0.1) is 5.92 Å². The Morgan fingerprint density at radius 2 is 1.26 bits per heavy atom. The van der Waals surface area contributed by atoms with Gasteiger partial charge in [0.15, 0.2) is 0 Å². The van der Waals surface area contributed by atoms with Crippen LogP contribution in [0.2, 0.25) is 0 Å². The highest BCUT2D eigenvalue weighted by molar-refractivity contribution is 6.17. The lowest BCUT2D eigenvalue weighted by Gasteiger charge is -2.09. The van der Waals surface area contributed by atoms with Crippen molar-refractivity contribution in [3.8, 4) is 0 Å². The third-order valence-corrected chi connectivity index (χ3v) is 4.10. The van der Waals surface area contributed by atoms with Crippen LogP contribution >= 0.6 is 11.6 Å². The number of hydrogen-bond acceptors (Lipinski definition) is 1. The van der Waals surface area contributed by atoms with E-state index >= 15 is 0 Å². The molecule has 0 bridgehead atoms. The molecule has 0 aromatic rings. The van der Waals surface area contributed by atoms with Gasteiger partial charge >= 0.3 is 0 Å². The summed E-state index contributed by atoms with van der Waals surface area (Å²) in [5, 5.41) is 0. The Balaban J connectivity index is 3.31. The number of alkyl halides is 1. The molecule has 0 aromatic heterocycles. The predicted molar refractivity (Wildman–Crippen MR) is 86.0 cm³/mol. The van der Waals surface area contributed by atoms with E-state index in [0.717, 1.165) is 25.1 Å². The van der Waals surface area contributed by atoms with E-state index in [1.165, 1.54) is 70.5 Å². The summed E-state index contributed by atoms with van der Waals surface area (Å²) >= 11 is 5.64. The lowest BCUT2D eigenvalue weighted by atomic mass is 9.95. The smallest absolute Gasteiger partial charge is 0.123 e. The minimum atomic E-state index is 0.312. The highest BCUT2D eigenvalue weighted by atomic mass is 35.5. The molecule has 0 aromatic carbocycles. The monoisotopic (exact) mass is 288 g/mol. The van der Waals surface area contributed by atoms with Crippen LogP contribution in [0.15, 0.2) is 0 Å². The van der Waals surface area contributed by atoms with Gasteiger partial charge in [0.2, 0.25) is 0 Å². The molecule has 0 rings (SSSR count). The summed E-state index contributed by atoms with van der Waals surface area (Å²) in [4.78, 5) is 11.0. The summed E-state index contributed by atoms with van der Waals surface area (Å²) in [6.45, 7) is 2.25. The zero-order valence-corrected chi connectivity index (χ0v) is 13.6. The van der Waals surface area contributed by atoms with E-state index in [0.29, 0.717) is 5.92 Å². The molecule has 0 heterocycles. The minimum absolute atomic E-state index is 0.312. The van der Waals surface area contributed by atoms with Crippen LogP contribution in [-0.2, 0) is 4.79 Å². The Hall–Kier alpha value is -0.0400. The van der Waals surface area contributed by atoms with Crippen LogP contribution < -0.4 is 0 Å². The molecular formula is C17H33ClO. The average Bonchev–Trinajstić information content (AvgIpc) is 2.44. The van der Waals surface area contributed by atoms with Crippen LogP contribution in [0.4, 0.5) is 0 Å². The van der Waals surface area contributed by atoms with Gasteiger partial charge in [0.1, 0.15) is 6.29 Å². The van der Waals surface area contributed by atoms with Crippen LogP contribution in [0.25, 0.3) is 0 Å². The first kappa shape index (κ1) is 19.0. The summed E-state index contributed by atoms with van der Waals surface area (Å²) in [5.74, 6) is 1.08. The fraction of sp³-hybridized carbons (Fsp3) is 0.941. The van der Waals surface area contributed by atoms with Gasteiger partial charge in [-0.05, 0) is 19.3 Å². The first-order valence-electron chi connectivity index (χ1n) is 8.36. The van der Waals surface area contributed by atoms with Crippen LogP contribution in [0.1, 0.15) is 90.4 Å². The van der Waals surface area contributed by atoms with E-state index in [2.05, 4.69) is 6.92 Å². The average molecular weight is 289 g/mol. The van der Waals surface area contributed by atoms with Crippen molar-refractivity contribution >= 4 is 17.9 Å². The van der Waals surface area contributed by atoms with Gasteiger partial charge in [-0.3, -0.25) is 0 Å². The largest absolute Gasteiger partial charge is 0.303 e. The van der Waals surface area contributed by atoms with E-state index < -0.39 is 0 Å². The van der Waals surface area contributed by atoms with Gasteiger partial charge in [-0.2, -0.15) is 0 Å². The van der Waals surface area contributed by atoms with Crippen molar-refractivity contribution in [1.29, 1.82) is 0 Å². The Morgan fingerprint density at radius 1 is 0.789 bits per heavy atom. The maximum atomic E-state index is 11.0. The number of halogens is 1. The second-order valence-electron chi connectivity index (χ2n) is 5.70. The first-order chi connectivity index (χ1) is 9.35. The fourth-order valence-electron chi connectivity index (χ4n) is 2.50. The molecule has 19 heavy (non-hydrogen) atoms. The fourth-order valence-corrected chi connectivity index (χ4v) is 2.69. The number of aldehydes is 1. The zero-order valence-electron chi connectivity index (χ0n) is 12.8. The number of unbranched alkanes of at least 4 members (excludes halogenated alkanes) is 9. The first-order valence-corrected chi connectivity index (χ1v) is 8.89. The molecule has 1 nitrogen and oxygen atoms in total. The molecule has 1 atom stereocenters. The van der Waals surface area contributed by atoms with Gasteiger partial charge in [0.05, 0.1) is 0 Å². The third kappa shape index (κ3) is 14.2. The van der Waals surface area contributed by atoms with E-state index in [4.69, 9.17) is 11.6 Å². The van der Waals surface area contributed by atoms with Crippen molar-refractivity contribution in [3.63, 3.8) is 0 Å². The molecule has 1 unspecified atom stereocenters. The van der Waals surface area contributed by atoms with Gasteiger partial charge in [-0.25, -0.2) is 0 Å². The number of carbonyl (C=O) groups is 1. The molecule has 0 spiro atoms. The molecule has 0 aliphatic carbocycles. The molecule has 0 saturated carbocycles. The topological polar surface area (TPSA) is 17.1 Å². The minimum Gasteiger partial charge on any atom is -0.303 e. The van der Waals surface area contributed by atoms with Crippen molar-refractivity contribution in [3.05, 3.63) is 0 Å². The second kappa shape index (κ2) is 16.0. The zero-order chi connectivity index (χ0) is 14.2. The molecule has 0 amide bonds. The van der Waals surface area contributed by atoms with Gasteiger partial charge in [-0.1, -0.05) is 71.1 Å². The Morgan fingerprint density at radius 3 is 1.74 bits per heavy atom. The van der Waals surface area contributed by atoms with Gasteiger partial charge in [-0.15, -0.1) is 11.6 Å². The Bertz CT molecular complexity index is 182. The predicted octanol–water partition coefficient (Wildman–Crippen LogP) is 6.13.